The smallest absolute Gasteiger partial charge is 0.290 e. The van der Waals surface area contributed by atoms with Gasteiger partial charge in [0.15, 0.2) is 5.76 Å². The Morgan fingerprint density at radius 2 is 1.72 bits per heavy atom. The van der Waals surface area contributed by atoms with Crippen molar-refractivity contribution < 1.29 is 14.7 Å². The monoisotopic (exact) mass is 447 g/mol. The fourth-order valence-electron chi connectivity index (χ4n) is 3.84. The van der Waals surface area contributed by atoms with E-state index in [1.54, 1.807) is 11.8 Å². The number of aryl methyl sites for hydroxylation is 1. The Balaban J connectivity index is 1.76. The third-order valence-electron chi connectivity index (χ3n) is 5.48. The van der Waals surface area contributed by atoms with Gasteiger partial charge in [0.05, 0.1) is 22.2 Å². The van der Waals surface area contributed by atoms with Gasteiger partial charge in [-0.1, -0.05) is 60.7 Å². The van der Waals surface area contributed by atoms with Crippen LogP contribution in [0.25, 0.3) is 10.6 Å². The number of rotatable bonds is 7. The van der Waals surface area contributed by atoms with Crippen molar-refractivity contribution in [1.82, 2.24) is 14.8 Å². The van der Waals surface area contributed by atoms with E-state index in [2.05, 4.69) is 4.98 Å². The molecular formula is C25H25N3O3S. The number of benzene rings is 2. The number of hydrogen-bond donors (Lipinski definition) is 1. The summed E-state index contributed by atoms with van der Waals surface area (Å²) in [4.78, 5) is 35.3. The summed E-state index contributed by atoms with van der Waals surface area (Å²) < 4.78 is 0. The van der Waals surface area contributed by atoms with Crippen molar-refractivity contribution in [1.29, 1.82) is 0 Å². The summed E-state index contributed by atoms with van der Waals surface area (Å²) >= 11 is 1.28. The Morgan fingerprint density at radius 1 is 1.09 bits per heavy atom. The van der Waals surface area contributed by atoms with E-state index in [4.69, 9.17) is 0 Å². The van der Waals surface area contributed by atoms with Crippen LogP contribution in [0.5, 0.6) is 0 Å². The van der Waals surface area contributed by atoms with Crippen LogP contribution in [0.15, 0.2) is 72.0 Å². The Morgan fingerprint density at radius 3 is 2.34 bits per heavy atom. The molecule has 0 saturated carbocycles. The topological polar surface area (TPSA) is 73.7 Å². The molecule has 0 saturated heterocycles. The third kappa shape index (κ3) is 4.09. The Hall–Kier alpha value is -3.29. The summed E-state index contributed by atoms with van der Waals surface area (Å²) in [6, 6.07) is 18.4. The summed E-state index contributed by atoms with van der Waals surface area (Å²) in [6.45, 7) is 2.79. The van der Waals surface area contributed by atoms with Gasteiger partial charge in [-0.25, -0.2) is 4.98 Å². The van der Waals surface area contributed by atoms with Crippen molar-refractivity contribution in [3.63, 3.8) is 0 Å². The molecule has 7 heteroatoms. The molecule has 1 aliphatic rings. The first-order valence-corrected chi connectivity index (χ1v) is 11.2. The molecule has 1 aromatic heterocycles. The molecule has 0 spiro atoms. The van der Waals surface area contributed by atoms with Gasteiger partial charge in [-0.15, -0.1) is 11.3 Å². The average Bonchev–Trinajstić information content (AvgIpc) is 3.31. The molecule has 1 amide bonds. The number of aliphatic hydroxyl groups is 1. The molecule has 1 aliphatic heterocycles. The lowest BCUT2D eigenvalue weighted by atomic mass is 9.95. The lowest BCUT2D eigenvalue weighted by Crippen LogP contribution is -2.36. The Bertz CT molecular complexity index is 1170. The number of ketones is 1. The van der Waals surface area contributed by atoms with Crippen LogP contribution in [0.3, 0.4) is 0 Å². The minimum absolute atomic E-state index is 0.117. The SMILES string of the molecule is Cc1nc(-c2ccccc2)sc1C(=O)C1=C(O)C(=O)N(CCN(C)C)[C@H]1c1ccccc1. The van der Waals surface area contributed by atoms with Gasteiger partial charge in [0.1, 0.15) is 5.01 Å². The van der Waals surface area contributed by atoms with E-state index < -0.39 is 17.7 Å². The zero-order valence-corrected chi connectivity index (χ0v) is 19.1. The second-order valence-corrected chi connectivity index (χ2v) is 9.01. The highest BCUT2D eigenvalue weighted by Crippen LogP contribution is 2.40. The van der Waals surface area contributed by atoms with E-state index >= 15 is 0 Å². The molecule has 4 rings (SSSR count). The van der Waals surface area contributed by atoms with Gasteiger partial charge in [0.2, 0.25) is 5.78 Å². The molecular weight excluding hydrogens is 422 g/mol. The number of aromatic nitrogens is 1. The quantitative estimate of drug-likeness (QED) is 0.548. The normalized spacial score (nSPS) is 16.3. The van der Waals surface area contributed by atoms with Crippen LogP contribution in [0.4, 0.5) is 0 Å². The minimum Gasteiger partial charge on any atom is -0.503 e. The van der Waals surface area contributed by atoms with Crippen molar-refractivity contribution in [3.8, 4) is 10.6 Å². The number of thiazole rings is 1. The summed E-state index contributed by atoms with van der Waals surface area (Å²) in [5.74, 6) is -1.35. The number of Topliss-reactive ketones (excluding diaryl/α,β-unsaturated/α-hetero) is 1. The van der Waals surface area contributed by atoms with Crippen LogP contribution in [0.1, 0.15) is 27.0 Å². The number of carbonyl (C=O) groups is 2. The van der Waals surface area contributed by atoms with Gasteiger partial charge in [-0.3, -0.25) is 9.59 Å². The van der Waals surface area contributed by atoms with Crippen LogP contribution in [-0.2, 0) is 4.79 Å². The predicted molar refractivity (Wildman–Crippen MR) is 126 cm³/mol. The largest absolute Gasteiger partial charge is 0.503 e. The van der Waals surface area contributed by atoms with Crippen LogP contribution >= 0.6 is 11.3 Å². The number of amides is 1. The van der Waals surface area contributed by atoms with E-state index in [1.165, 1.54) is 11.3 Å². The molecule has 6 nitrogen and oxygen atoms in total. The number of aliphatic hydroxyl groups excluding tert-OH is 1. The van der Waals surface area contributed by atoms with Gasteiger partial charge in [0.25, 0.3) is 5.91 Å². The molecule has 32 heavy (non-hydrogen) atoms. The van der Waals surface area contributed by atoms with Crippen LogP contribution in [0.2, 0.25) is 0 Å². The van der Waals surface area contributed by atoms with E-state index in [0.29, 0.717) is 23.7 Å². The average molecular weight is 448 g/mol. The molecule has 1 N–H and O–H groups in total. The number of likely N-dealkylation sites (N-methyl/N-ethyl adjacent to an activating group) is 1. The lowest BCUT2D eigenvalue weighted by molar-refractivity contribution is -0.129. The zero-order valence-electron chi connectivity index (χ0n) is 18.3. The van der Waals surface area contributed by atoms with Crippen molar-refractivity contribution in [2.45, 2.75) is 13.0 Å². The van der Waals surface area contributed by atoms with Crippen LogP contribution < -0.4 is 0 Å². The van der Waals surface area contributed by atoms with Gasteiger partial charge in [-0.05, 0) is 26.6 Å². The summed E-state index contributed by atoms with van der Waals surface area (Å²) in [6.07, 6.45) is 0. The molecule has 164 valence electrons. The second-order valence-electron chi connectivity index (χ2n) is 8.01. The van der Waals surface area contributed by atoms with E-state index in [1.807, 2.05) is 79.7 Å². The van der Waals surface area contributed by atoms with E-state index in [9.17, 15) is 14.7 Å². The minimum atomic E-state index is -0.641. The van der Waals surface area contributed by atoms with Crippen molar-refractivity contribution in [2.24, 2.45) is 0 Å². The number of hydrogen-bond acceptors (Lipinski definition) is 6. The number of nitrogens with zero attached hydrogens (tertiary/aromatic N) is 3. The zero-order chi connectivity index (χ0) is 22.8. The molecule has 3 aromatic rings. The van der Waals surface area contributed by atoms with E-state index in [-0.39, 0.29) is 11.4 Å². The fourth-order valence-corrected chi connectivity index (χ4v) is 4.87. The number of carbonyl (C=O) groups excluding carboxylic acids is 2. The molecule has 2 aromatic carbocycles. The highest BCUT2D eigenvalue weighted by Gasteiger charge is 2.44. The molecule has 0 unspecified atom stereocenters. The predicted octanol–water partition coefficient (Wildman–Crippen LogP) is 4.26. The molecule has 0 radical (unpaired) electrons. The third-order valence-corrected chi connectivity index (χ3v) is 6.68. The lowest BCUT2D eigenvalue weighted by Gasteiger charge is -2.28. The maximum atomic E-state index is 13.7. The van der Waals surface area contributed by atoms with Crippen molar-refractivity contribution >= 4 is 23.0 Å². The fraction of sp³-hybridized carbons (Fsp3) is 0.240. The van der Waals surface area contributed by atoms with Crippen LogP contribution in [0, 0.1) is 6.92 Å². The Labute approximate surface area is 191 Å². The molecule has 0 bridgehead atoms. The van der Waals surface area contributed by atoms with Gasteiger partial charge in [-0.2, -0.15) is 0 Å². The van der Waals surface area contributed by atoms with Crippen LogP contribution in [-0.4, -0.2) is 58.8 Å². The van der Waals surface area contributed by atoms with Gasteiger partial charge >= 0.3 is 0 Å². The molecule has 0 aliphatic carbocycles. The first-order valence-electron chi connectivity index (χ1n) is 10.4. The van der Waals surface area contributed by atoms with E-state index in [0.717, 1.165) is 16.1 Å². The summed E-state index contributed by atoms with van der Waals surface area (Å²) in [5, 5.41) is 11.5. The first kappa shape index (κ1) is 21.9. The first-order chi connectivity index (χ1) is 15.4. The standard InChI is InChI=1S/C25H25N3O3S/c1-16-23(32-24(26-16)18-12-8-5-9-13-18)21(29)19-20(17-10-6-4-7-11-17)28(15-14-27(2)3)25(31)22(19)30/h4-13,20,30H,14-15H2,1-3H3/t20-/m0/s1. The van der Waals surface area contributed by atoms with Crippen molar-refractivity contribution in [2.75, 3.05) is 27.2 Å². The molecule has 2 heterocycles. The van der Waals surface area contributed by atoms with Gasteiger partial charge in [0, 0.05) is 18.7 Å². The van der Waals surface area contributed by atoms with Crippen molar-refractivity contribution in [3.05, 3.63) is 88.1 Å². The summed E-state index contributed by atoms with van der Waals surface area (Å²) in [5.41, 5.74) is 2.42. The Kier molecular flexibility index (Phi) is 6.21. The highest BCUT2D eigenvalue weighted by molar-refractivity contribution is 7.17. The molecule has 1 atom stereocenters. The van der Waals surface area contributed by atoms with Gasteiger partial charge < -0.3 is 14.9 Å². The second kappa shape index (κ2) is 9.06. The maximum Gasteiger partial charge on any atom is 0.290 e. The highest BCUT2D eigenvalue weighted by atomic mass is 32.1. The molecule has 0 fully saturated rings. The maximum absolute atomic E-state index is 13.7. The summed E-state index contributed by atoms with van der Waals surface area (Å²) in [7, 11) is 3.84.